The zero-order valence-electron chi connectivity index (χ0n) is 12.5. The molecule has 1 aliphatic heterocycles. The fourth-order valence-electron chi connectivity index (χ4n) is 2.39. The number of nitrogens with one attached hydrogen (secondary N) is 1. The molecule has 1 aromatic rings. The number of aliphatic hydroxyl groups is 3. The highest BCUT2D eigenvalue weighted by molar-refractivity contribution is 5.73. The van der Waals surface area contributed by atoms with Crippen molar-refractivity contribution in [2.24, 2.45) is 0 Å². The number of hydrogen-bond acceptors (Lipinski definition) is 6. The minimum atomic E-state index is -1.32. The molecule has 7 nitrogen and oxygen atoms in total. The predicted octanol–water partition coefficient (Wildman–Crippen LogP) is -0.682. The van der Waals surface area contributed by atoms with Gasteiger partial charge in [0.25, 0.3) is 0 Å². The predicted molar refractivity (Wildman–Crippen MR) is 77.2 cm³/mol. The fraction of sp³-hybridized carbons (Fsp3) is 0.533. The molecule has 1 heterocycles. The third kappa shape index (κ3) is 3.75. The van der Waals surface area contributed by atoms with Gasteiger partial charge in [0.2, 0.25) is 12.2 Å². The van der Waals surface area contributed by atoms with E-state index >= 15 is 0 Å². The van der Waals surface area contributed by atoms with E-state index in [1.807, 2.05) is 13.0 Å². The summed E-state index contributed by atoms with van der Waals surface area (Å²) >= 11 is 0. The van der Waals surface area contributed by atoms with E-state index in [4.69, 9.17) is 9.47 Å². The van der Waals surface area contributed by atoms with Crippen molar-refractivity contribution in [2.75, 3.05) is 6.61 Å². The number of rotatable bonds is 4. The highest BCUT2D eigenvalue weighted by atomic mass is 16.7. The molecule has 0 aromatic heterocycles. The van der Waals surface area contributed by atoms with E-state index in [0.29, 0.717) is 5.75 Å². The number of carbonyl (C=O) groups excluding carboxylic acids is 1. The van der Waals surface area contributed by atoms with Gasteiger partial charge in [0.05, 0.1) is 6.61 Å². The molecule has 1 amide bonds. The lowest BCUT2D eigenvalue weighted by Gasteiger charge is -2.42. The molecule has 22 heavy (non-hydrogen) atoms. The summed E-state index contributed by atoms with van der Waals surface area (Å²) < 4.78 is 11.2. The first-order valence-corrected chi connectivity index (χ1v) is 7.05. The molecule has 4 N–H and O–H groups in total. The summed E-state index contributed by atoms with van der Waals surface area (Å²) in [5, 5.41) is 31.8. The van der Waals surface area contributed by atoms with Crippen LogP contribution in [0.4, 0.5) is 0 Å². The van der Waals surface area contributed by atoms with Crippen LogP contribution in [0, 0.1) is 6.92 Å². The number of aryl methyl sites for hydroxylation is 1. The lowest BCUT2D eigenvalue weighted by Crippen LogP contribution is -2.65. The Morgan fingerprint density at radius 3 is 2.68 bits per heavy atom. The Bertz CT molecular complexity index is 523. The molecule has 0 bridgehead atoms. The molecular formula is C15H21NO6. The summed E-state index contributed by atoms with van der Waals surface area (Å²) in [4.78, 5) is 11.3. The van der Waals surface area contributed by atoms with E-state index in [9.17, 15) is 20.1 Å². The Hall–Kier alpha value is -1.67. The van der Waals surface area contributed by atoms with Gasteiger partial charge in [-0.25, -0.2) is 0 Å². The van der Waals surface area contributed by atoms with Gasteiger partial charge in [-0.15, -0.1) is 0 Å². The molecule has 1 fully saturated rings. The first kappa shape index (κ1) is 16.7. The first-order chi connectivity index (χ1) is 10.4. The molecule has 122 valence electrons. The molecular weight excluding hydrogens is 290 g/mol. The number of benzene rings is 1. The smallest absolute Gasteiger partial charge is 0.223 e. The molecule has 0 unspecified atom stereocenters. The van der Waals surface area contributed by atoms with Crippen LogP contribution in [0.25, 0.3) is 0 Å². The van der Waals surface area contributed by atoms with Gasteiger partial charge in [-0.2, -0.15) is 0 Å². The minimum absolute atomic E-state index is 0.389. The second-order valence-electron chi connectivity index (χ2n) is 5.37. The summed E-state index contributed by atoms with van der Waals surface area (Å²) in [6.07, 6.45) is -4.65. The maximum absolute atomic E-state index is 11.3. The van der Waals surface area contributed by atoms with Crippen molar-refractivity contribution in [2.45, 2.75) is 44.5 Å². The first-order valence-electron chi connectivity index (χ1n) is 7.05. The largest absolute Gasteiger partial charge is 0.463 e. The van der Waals surface area contributed by atoms with Crippen LogP contribution in [0.5, 0.6) is 5.75 Å². The molecule has 0 spiro atoms. The molecule has 0 aliphatic carbocycles. The van der Waals surface area contributed by atoms with E-state index in [1.54, 1.807) is 18.2 Å². The number of hydrogen-bond donors (Lipinski definition) is 4. The maximum atomic E-state index is 11.3. The van der Waals surface area contributed by atoms with Crippen LogP contribution in [0.15, 0.2) is 24.3 Å². The van der Waals surface area contributed by atoms with Crippen molar-refractivity contribution >= 4 is 5.91 Å². The van der Waals surface area contributed by atoms with Gasteiger partial charge in [0.15, 0.2) is 0 Å². The molecule has 1 aromatic carbocycles. The molecule has 0 saturated carbocycles. The van der Waals surface area contributed by atoms with Crippen molar-refractivity contribution in [3.8, 4) is 5.75 Å². The zero-order chi connectivity index (χ0) is 16.3. The highest BCUT2D eigenvalue weighted by Gasteiger charge is 2.46. The Kier molecular flexibility index (Phi) is 5.36. The SMILES string of the molecule is CC(=O)N[C@H]1[C@@H](Oc2cccc(C)c2)O[C@H](CO)[C@@H](O)[C@@H]1O. The summed E-state index contributed by atoms with van der Waals surface area (Å²) in [6, 6.07) is 6.24. The van der Waals surface area contributed by atoms with Crippen LogP contribution in [-0.2, 0) is 9.53 Å². The average molecular weight is 311 g/mol. The van der Waals surface area contributed by atoms with E-state index in [-0.39, 0.29) is 5.91 Å². The molecule has 1 aliphatic rings. The van der Waals surface area contributed by atoms with Crippen molar-refractivity contribution in [3.05, 3.63) is 29.8 Å². The Balaban J connectivity index is 2.21. The minimum Gasteiger partial charge on any atom is -0.463 e. The van der Waals surface area contributed by atoms with Crippen molar-refractivity contribution in [1.29, 1.82) is 0 Å². The summed E-state index contributed by atoms with van der Waals surface area (Å²) in [7, 11) is 0. The summed E-state index contributed by atoms with van der Waals surface area (Å²) in [5.41, 5.74) is 0.976. The van der Waals surface area contributed by atoms with E-state index < -0.39 is 37.3 Å². The number of aliphatic hydroxyl groups excluding tert-OH is 3. The number of ether oxygens (including phenoxy) is 2. The number of carbonyl (C=O) groups is 1. The van der Waals surface area contributed by atoms with Crippen LogP contribution in [0.2, 0.25) is 0 Å². The van der Waals surface area contributed by atoms with Crippen LogP contribution in [0.1, 0.15) is 12.5 Å². The second kappa shape index (κ2) is 7.06. The monoisotopic (exact) mass is 311 g/mol. The quantitative estimate of drug-likeness (QED) is 0.587. The standard InChI is InChI=1S/C15H21NO6/c1-8-4-3-5-10(6-8)21-15-12(16-9(2)18)14(20)13(19)11(7-17)22-15/h3-6,11-15,17,19-20H,7H2,1-2H3,(H,16,18)/t11-,12-,13-,14-,15+/m1/s1. The van der Waals surface area contributed by atoms with Crippen molar-refractivity contribution < 1.29 is 29.6 Å². The van der Waals surface area contributed by atoms with Crippen LogP contribution in [0.3, 0.4) is 0 Å². The fourth-order valence-corrected chi connectivity index (χ4v) is 2.39. The highest BCUT2D eigenvalue weighted by Crippen LogP contribution is 2.24. The lowest BCUT2D eigenvalue weighted by molar-refractivity contribution is -0.244. The van der Waals surface area contributed by atoms with Gasteiger partial charge in [-0.05, 0) is 24.6 Å². The topological polar surface area (TPSA) is 108 Å². The third-order valence-corrected chi connectivity index (χ3v) is 3.49. The van der Waals surface area contributed by atoms with E-state index in [1.165, 1.54) is 6.92 Å². The third-order valence-electron chi connectivity index (χ3n) is 3.49. The van der Waals surface area contributed by atoms with Gasteiger partial charge in [-0.1, -0.05) is 12.1 Å². The zero-order valence-corrected chi connectivity index (χ0v) is 12.5. The maximum Gasteiger partial charge on any atom is 0.223 e. The van der Waals surface area contributed by atoms with Crippen LogP contribution >= 0.6 is 0 Å². The lowest BCUT2D eigenvalue weighted by atomic mass is 9.97. The van der Waals surface area contributed by atoms with Gasteiger partial charge in [0.1, 0.15) is 30.1 Å². The van der Waals surface area contributed by atoms with E-state index in [0.717, 1.165) is 5.56 Å². The van der Waals surface area contributed by atoms with Crippen LogP contribution in [-0.4, -0.2) is 58.5 Å². The molecule has 0 radical (unpaired) electrons. The Morgan fingerprint density at radius 1 is 1.36 bits per heavy atom. The normalized spacial score (nSPS) is 31.6. The van der Waals surface area contributed by atoms with Gasteiger partial charge in [-0.3, -0.25) is 4.79 Å². The van der Waals surface area contributed by atoms with Gasteiger partial charge in [0, 0.05) is 6.92 Å². The Labute approximate surface area is 128 Å². The van der Waals surface area contributed by atoms with Crippen LogP contribution < -0.4 is 10.1 Å². The second-order valence-corrected chi connectivity index (χ2v) is 5.37. The molecule has 5 atom stereocenters. The van der Waals surface area contributed by atoms with Gasteiger partial charge >= 0.3 is 0 Å². The van der Waals surface area contributed by atoms with Crippen molar-refractivity contribution in [1.82, 2.24) is 5.32 Å². The summed E-state index contributed by atoms with van der Waals surface area (Å²) in [6.45, 7) is 2.72. The van der Waals surface area contributed by atoms with E-state index in [2.05, 4.69) is 5.32 Å². The van der Waals surface area contributed by atoms with Gasteiger partial charge < -0.3 is 30.1 Å². The molecule has 2 rings (SSSR count). The Morgan fingerprint density at radius 2 is 2.09 bits per heavy atom. The number of amides is 1. The average Bonchev–Trinajstić information content (AvgIpc) is 2.46. The van der Waals surface area contributed by atoms with Crippen molar-refractivity contribution in [3.63, 3.8) is 0 Å². The molecule has 7 heteroatoms. The molecule has 1 saturated heterocycles. The summed E-state index contributed by atoms with van der Waals surface area (Å²) in [5.74, 6) is 0.112.